The quantitative estimate of drug-likeness (QED) is 0.643. The number of carboxylic acids is 1. The molecular weight excluding hydrogens is 314 g/mol. The number of nitrogens with zero attached hydrogens (tertiary/aromatic N) is 3. The van der Waals surface area contributed by atoms with E-state index in [0.29, 0.717) is 4.34 Å². The van der Waals surface area contributed by atoms with E-state index in [2.05, 4.69) is 24.9 Å². The van der Waals surface area contributed by atoms with E-state index < -0.39 is 16.0 Å². The number of imidazole rings is 1. The average Bonchev–Trinajstić information content (AvgIpc) is 2.96. The molecule has 3 N–H and O–H groups in total. The lowest BCUT2D eigenvalue weighted by atomic mass is 10.8. The van der Waals surface area contributed by atoms with E-state index in [1.165, 1.54) is 6.33 Å². The largest absolute Gasteiger partial charge is 0.481 e. The van der Waals surface area contributed by atoms with Crippen LogP contribution < -0.4 is 4.72 Å². The number of aromatic amines is 1. The zero-order chi connectivity index (χ0) is 13.9. The minimum absolute atomic E-state index is 0.0579. The third-order valence-corrected chi connectivity index (χ3v) is 5.06. The third-order valence-electron chi connectivity index (χ3n) is 1.71. The Morgan fingerprint density at radius 3 is 2.95 bits per heavy atom. The second kappa shape index (κ2) is 5.54. The molecule has 2 aromatic heterocycles. The van der Waals surface area contributed by atoms with Gasteiger partial charge in [0.2, 0.25) is 5.13 Å². The molecule has 0 radical (unpaired) electrons. The van der Waals surface area contributed by atoms with Gasteiger partial charge in [0, 0.05) is 0 Å². The SMILES string of the molecule is O=C(O)CSc1nnc(NS(=O)(=O)c2cnc[nH]2)s1. The second-order valence-electron chi connectivity index (χ2n) is 3.08. The molecule has 9 nitrogen and oxygen atoms in total. The van der Waals surface area contributed by atoms with Gasteiger partial charge in [-0.3, -0.25) is 9.52 Å². The number of thioether (sulfide) groups is 1. The average molecular weight is 321 g/mol. The molecule has 0 fully saturated rings. The molecule has 19 heavy (non-hydrogen) atoms. The maximum absolute atomic E-state index is 11.8. The van der Waals surface area contributed by atoms with E-state index in [9.17, 15) is 13.2 Å². The van der Waals surface area contributed by atoms with Gasteiger partial charge in [0.15, 0.2) is 9.37 Å². The van der Waals surface area contributed by atoms with Crippen LogP contribution in [0.2, 0.25) is 0 Å². The van der Waals surface area contributed by atoms with Crippen LogP contribution in [0, 0.1) is 0 Å². The number of rotatable bonds is 6. The minimum Gasteiger partial charge on any atom is -0.481 e. The Morgan fingerprint density at radius 1 is 1.53 bits per heavy atom. The summed E-state index contributed by atoms with van der Waals surface area (Å²) in [5.41, 5.74) is 0. The standard InChI is InChI=1S/C7H7N5O4S3/c13-5(14)2-17-7-11-10-6(18-7)12-19(15,16)4-1-8-3-9-4/h1,3H,2H2,(H,8,9)(H,10,12)(H,13,14). The monoisotopic (exact) mass is 321 g/mol. The molecule has 0 bridgehead atoms. The predicted molar refractivity (Wildman–Crippen MR) is 67.7 cm³/mol. The maximum Gasteiger partial charge on any atom is 0.313 e. The number of nitrogens with one attached hydrogen (secondary N) is 2. The van der Waals surface area contributed by atoms with Crippen molar-refractivity contribution in [1.82, 2.24) is 20.2 Å². The first-order valence-electron chi connectivity index (χ1n) is 4.66. The van der Waals surface area contributed by atoms with Crippen molar-refractivity contribution in [2.45, 2.75) is 9.37 Å². The molecule has 0 aliphatic heterocycles. The number of hydrogen-bond donors (Lipinski definition) is 3. The molecule has 0 saturated carbocycles. The van der Waals surface area contributed by atoms with Gasteiger partial charge in [-0.1, -0.05) is 23.1 Å². The van der Waals surface area contributed by atoms with E-state index in [1.54, 1.807) is 0 Å². The van der Waals surface area contributed by atoms with Crippen molar-refractivity contribution in [3.8, 4) is 0 Å². The van der Waals surface area contributed by atoms with Gasteiger partial charge in [-0.25, -0.2) is 4.98 Å². The molecule has 2 rings (SSSR count). The molecule has 0 spiro atoms. The van der Waals surface area contributed by atoms with E-state index >= 15 is 0 Å². The van der Waals surface area contributed by atoms with Crippen molar-refractivity contribution >= 4 is 44.2 Å². The Morgan fingerprint density at radius 2 is 2.32 bits per heavy atom. The first-order valence-corrected chi connectivity index (χ1v) is 7.95. The Bertz CT molecular complexity index is 665. The Kier molecular flexibility index (Phi) is 4.01. The Balaban J connectivity index is 2.06. The summed E-state index contributed by atoms with van der Waals surface area (Å²) in [5.74, 6) is -1.15. The first kappa shape index (κ1) is 13.8. The van der Waals surface area contributed by atoms with Gasteiger partial charge >= 0.3 is 5.97 Å². The summed E-state index contributed by atoms with van der Waals surface area (Å²) < 4.78 is 26.2. The van der Waals surface area contributed by atoms with Crippen LogP contribution in [0.4, 0.5) is 5.13 Å². The Labute approximate surface area is 115 Å². The zero-order valence-corrected chi connectivity index (χ0v) is 11.5. The Hall–Kier alpha value is -1.66. The maximum atomic E-state index is 11.8. The number of carboxylic acid groups (broad SMARTS) is 1. The number of H-pyrrole nitrogens is 1. The van der Waals surface area contributed by atoms with E-state index in [4.69, 9.17) is 5.11 Å². The molecule has 0 atom stereocenters. The highest BCUT2D eigenvalue weighted by atomic mass is 32.2. The second-order valence-corrected chi connectivity index (χ2v) is 6.93. The third kappa shape index (κ3) is 3.65. The van der Waals surface area contributed by atoms with Crippen LogP contribution in [-0.4, -0.2) is 45.4 Å². The van der Waals surface area contributed by atoms with Gasteiger partial charge in [-0.2, -0.15) is 8.42 Å². The van der Waals surface area contributed by atoms with Gasteiger partial charge in [-0.05, 0) is 0 Å². The van der Waals surface area contributed by atoms with Crippen molar-refractivity contribution in [2.75, 3.05) is 10.5 Å². The van der Waals surface area contributed by atoms with Crippen LogP contribution in [-0.2, 0) is 14.8 Å². The fraction of sp³-hybridized carbons (Fsp3) is 0.143. The number of hydrogen-bond acceptors (Lipinski definition) is 8. The molecule has 0 aliphatic rings. The van der Waals surface area contributed by atoms with E-state index in [1.807, 2.05) is 0 Å². The normalized spacial score (nSPS) is 11.4. The lowest BCUT2D eigenvalue weighted by molar-refractivity contribution is -0.133. The van der Waals surface area contributed by atoms with Crippen molar-refractivity contribution in [3.05, 3.63) is 12.5 Å². The fourth-order valence-electron chi connectivity index (χ4n) is 0.993. The topological polar surface area (TPSA) is 138 Å². The summed E-state index contributed by atoms with van der Waals surface area (Å²) in [6.45, 7) is 0. The number of carbonyl (C=O) groups is 1. The first-order chi connectivity index (χ1) is 8.97. The van der Waals surface area contributed by atoms with E-state index in [0.717, 1.165) is 29.3 Å². The number of sulfonamides is 1. The molecule has 0 aromatic carbocycles. The van der Waals surface area contributed by atoms with Crippen LogP contribution in [0.5, 0.6) is 0 Å². The van der Waals surface area contributed by atoms with Crippen molar-refractivity contribution in [2.24, 2.45) is 0 Å². The highest BCUT2D eigenvalue weighted by molar-refractivity contribution is 8.01. The van der Waals surface area contributed by atoms with Crippen LogP contribution >= 0.6 is 23.1 Å². The van der Waals surface area contributed by atoms with Gasteiger partial charge in [0.1, 0.15) is 0 Å². The van der Waals surface area contributed by atoms with E-state index in [-0.39, 0.29) is 15.9 Å². The van der Waals surface area contributed by atoms with Crippen LogP contribution in [0.15, 0.2) is 21.9 Å². The summed E-state index contributed by atoms with van der Waals surface area (Å²) in [4.78, 5) is 16.4. The lowest BCUT2D eigenvalue weighted by Crippen LogP contribution is -2.13. The van der Waals surface area contributed by atoms with Gasteiger partial charge in [0.25, 0.3) is 10.0 Å². The molecule has 0 unspecified atom stereocenters. The molecule has 0 amide bonds. The smallest absolute Gasteiger partial charge is 0.313 e. The predicted octanol–water partition coefficient (Wildman–Crippen LogP) is 0.239. The number of aliphatic carboxylic acids is 1. The number of aromatic nitrogens is 4. The fourth-order valence-corrected chi connectivity index (χ4v) is 3.60. The van der Waals surface area contributed by atoms with Crippen molar-refractivity contribution in [3.63, 3.8) is 0 Å². The number of anilines is 1. The van der Waals surface area contributed by atoms with Gasteiger partial charge in [-0.15, -0.1) is 10.2 Å². The lowest BCUT2D eigenvalue weighted by Gasteiger charge is -2.00. The van der Waals surface area contributed by atoms with Gasteiger partial charge < -0.3 is 10.1 Å². The molecule has 102 valence electrons. The molecule has 0 saturated heterocycles. The van der Waals surface area contributed by atoms with Crippen LogP contribution in [0.1, 0.15) is 0 Å². The van der Waals surface area contributed by atoms with Crippen molar-refractivity contribution < 1.29 is 18.3 Å². The minimum atomic E-state index is -3.77. The zero-order valence-electron chi connectivity index (χ0n) is 9.10. The summed E-state index contributed by atoms with van der Waals surface area (Å²) >= 11 is 1.92. The molecular formula is C7H7N5O4S3. The molecule has 0 aliphatic carbocycles. The summed E-state index contributed by atoms with van der Waals surface area (Å²) in [6.07, 6.45) is 2.40. The van der Waals surface area contributed by atoms with Crippen LogP contribution in [0.3, 0.4) is 0 Å². The summed E-state index contributed by atoms with van der Waals surface area (Å²) in [6, 6.07) is 0. The molecule has 2 heterocycles. The molecule has 12 heteroatoms. The highest BCUT2D eigenvalue weighted by Crippen LogP contribution is 2.26. The summed E-state index contributed by atoms with van der Waals surface area (Å²) in [7, 11) is -3.77. The summed E-state index contributed by atoms with van der Waals surface area (Å²) in [5, 5.41) is 15.8. The van der Waals surface area contributed by atoms with Crippen LogP contribution in [0.25, 0.3) is 0 Å². The van der Waals surface area contributed by atoms with Crippen molar-refractivity contribution in [1.29, 1.82) is 0 Å². The molecule has 2 aromatic rings. The van der Waals surface area contributed by atoms with Gasteiger partial charge in [0.05, 0.1) is 18.3 Å². The highest BCUT2D eigenvalue weighted by Gasteiger charge is 2.18.